The lowest BCUT2D eigenvalue weighted by Crippen LogP contribution is -2.43. The van der Waals surface area contributed by atoms with Gasteiger partial charge in [0, 0.05) is 33.1 Å². The van der Waals surface area contributed by atoms with E-state index in [9.17, 15) is 18.0 Å². The predicted molar refractivity (Wildman–Crippen MR) is 125 cm³/mol. The van der Waals surface area contributed by atoms with Crippen molar-refractivity contribution in [1.82, 2.24) is 10.2 Å². The molecule has 0 radical (unpaired) electrons. The summed E-state index contributed by atoms with van der Waals surface area (Å²) in [6.07, 6.45) is -0.964. The predicted octanol–water partition coefficient (Wildman–Crippen LogP) is 6.54. The molecule has 1 N–H and O–H groups in total. The van der Waals surface area contributed by atoms with Crippen LogP contribution in [0.25, 0.3) is 0 Å². The van der Waals surface area contributed by atoms with Crippen LogP contribution in [-0.2, 0) is 23.5 Å². The molecule has 3 aliphatic rings. The van der Waals surface area contributed by atoms with E-state index in [1.54, 1.807) is 4.90 Å². The van der Waals surface area contributed by atoms with Crippen LogP contribution in [0.1, 0.15) is 63.3 Å². The Morgan fingerprint density at radius 3 is 2.50 bits per heavy atom. The quantitative estimate of drug-likeness (QED) is 0.489. The molecule has 2 aromatic rings. The number of thiophene rings is 1. The van der Waals surface area contributed by atoms with Gasteiger partial charge in [0.15, 0.2) is 0 Å². The zero-order valence-corrected chi connectivity index (χ0v) is 20.6. The monoisotopic (exact) mass is 531 g/mol. The summed E-state index contributed by atoms with van der Waals surface area (Å²) < 4.78 is 42.8. The van der Waals surface area contributed by atoms with Gasteiger partial charge in [0.25, 0.3) is 11.5 Å². The second-order valence-electron chi connectivity index (χ2n) is 9.03. The lowest BCUT2D eigenvalue weighted by Gasteiger charge is -2.30. The first kappa shape index (κ1) is 23.8. The average molecular weight is 532 g/mol. The van der Waals surface area contributed by atoms with Crippen molar-refractivity contribution in [2.75, 3.05) is 0 Å². The van der Waals surface area contributed by atoms with Gasteiger partial charge in [0.05, 0.1) is 17.8 Å². The summed E-state index contributed by atoms with van der Waals surface area (Å²) in [5, 5.41) is 7.14. The summed E-state index contributed by atoms with van der Waals surface area (Å²) in [4.78, 5) is 21.3. The molecule has 1 aromatic carbocycles. The number of hydrogen-bond donors (Lipinski definition) is 1. The second-order valence-corrected chi connectivity index (χ2v) is 11.0. The van der Waals surface area contributed by atoms with Crippen molar-refractivity contribution < 1.29 is 22.8 Å². The van der Waals surface area contributed by atoms with Gasteiger partial charge in [0.1, 0.15) is 5.84 Å². The summed E-state index contributed by atoms with van der Waals surface area (Å²) in [5.74, 6) is 0.138. The molecule has 1 atom stereocenters. The van der Waals surface area contributed by atoms with Gasteiger partial charge in [-0.25, -0.2) is 0 Å². The molecule has 3 heterocycles. The highest BCUT2D eigenvalue weighted by Crippen LogP contribution is 2.50. The molecule has 0 spiro atoms. The van der Waals surface area contributed by atoms with Crippen molar-refractivity contribution >= 4 is 46.3 Å². The third-order valence-electron chi connectivity index (χ3n) is 6.80. The molecule has 2 aliphatic heterocycles. The maximum absolute atomic E-state index is 14.3. The third-order valence-corrected chi connectivity index (χ3v) is 8.55. The third kappa shape index (κ3) is 4.05. The number of amidine groups is 1. The van der Waals surface area contributed by atoms with E-state index in [-0.39, 0.29) is 33.4 Å². The fourth-order valence-corrected chi connectivity index (χ4v) is 6.69. The van der Waals surface area contributed by atoms with Crippen molar-refractivity contribution in [3.05, 3.63) is 54.7 Å². The van der Waals surface area contributed by atoms with E-state index in [1.807, 2.05) is 6.92 Å². The number of amides is 1. The van der Waals surface area contributed by atoms with Gasteiger partial charge in [-0.05, 0) is 49.1 Å². The van der Waals surface area contributed by atoms with Gasteiger partial charge in [-0.1, -0.05) is 41.2 Å². The number of alkyl halides is 3. The Labute approximate surface area is 208 Å². The molecule has 0 bridgehead atoms. The number of rotatable bonds is 3. The number of benzene rings is 1. The summed E-state index contributed by atoms with van der Waals surface area (Å²) in [6.45, 7) is 2.65. The van der Waals surface area contributed by atoms with Crippen LogP contribution >= 0.6 is 34.5 Å². The van der Waals surface area contributed by atoms with Crippen LogP contribution in [0.15, 0.2) is 23.4 Å². The molecule has 1 aromatic heterocycles. The second kappa shape index (κ2) is 8.60. The number of carbonyl (C=O) groups is 1. The van der Waals surface area contributed by atoms with Gasteiger partial charge < -0.3 is 15.1 Å². The minimum absolute atomic E-state index is 0.0641. The molecule has 1 amide bonds. The number of oxime groups is 1. The van der Waals surface area contributed by atoms with Crippen molar-refractivity contribution in [3.8, 4) is 0 Å². The summed E-state index contributed by atoms with van der Waals surface area (Å²) in [6, 6.07) is 4.01. The first-order chi connectivity index (χ1) is 16.1. The fraction of sp³-hybridized carbons (Fsp3) is 0.478. The summed E-state index contributed by atoms with van der Waals surface area (Å²) >= 11 is 13.4. The van der Waals surface area contributed by atoms with E-state index in [4.69, 9.17) is 28.0 Å². The van der Waals surface area contributed by atoms with Gasteiger partial charge in [0.2, 0.25) is 0 Å². The van der Waals surface area contributed by atoms with Gasteiger partial charge in [-0.2, -0.15) is 13.2 Å². The van der Waals surface area contributed by atoms with Crippen molar-refractivity contribution in [3.63, 3.8) is 0 Å². The lowest BCUT2D eigenvalue weighted by molar-refractivity contribution is -0.275. The van der Waals surface area contributed by atoms with Crippen LogP contribution in [0.2, 0.25) is 10.0 Å². The summed E-state index contributed by atoms with van der Waals surface area (Å²) in [5.41, 5.74) is -0.998. The van der Waals surface area contributed by atoms with Crippen LogP contribution < -0.4 is 5.32 Å². The Hall–Kier alpha value is -1.97. The zero-order valence-electron chi connectivity index (χ0n) is 18.3. The van der Waals surface area contributed by atoms with Crippen molar-refractivity contribution in [2.24, 2.45) is 5.16 Å². The van der Waals surface area contributed by atoms with E-state index in [0.717, 1.165) is 41.7 Å². The molecule has 1 unspecified atom stereocenters. The SMILES string of the molecule is Cc1c(C(=O)NC2CCCC2)sc2c1CN(C1=NOC(c3cc(Cl)cc(Cl)c3)(C(F)(F)F)C1)C2. The smallest absolute Gasteiger partial charge is 0.372 e. The first-order valence-corrected chi connectivity index (χ1v) is 12.6. The molecular weight excluding hydrogens is 510 g/mol. The number of nitrogens with zero attached hydrogens (tertiary/aromatic N) is 2. The van der Waals surface area contributed by atoms with Crippen LogP contribution in [-0.4, -0.2) is 28.9 Å². The molecule has 11 heteroatoms. The molecule has 5 nitrogen and oxygen atoms in total. The van der Waals surface area contributed by atoms with Crippen LogP contribution in [0.5, 0.6) is 0 Å². The fourth-order valence-electron chi connectivity index (χ4n) is 4.93. The number of fused-ring (bicyclic) bond motifs is 1. The minimum atomic E-state index is -4.74. The maximum atomic E-state index is 14.3. The molecule has 0 saturated heterocycles. The molecular formula is C23H22Cl2F3N3O2S. The highest BCUT2D eigenvalue weighted by Gasteiger charge is 2.63. The molecule has 1 aliphatic carbocycles. The average Bonchev–Trinajstić information content (AvgIpc) is 3.51. The van der Waals surface area contributed by atoms with E-state index in [1.165, 1.54) is 29.5 Å². The van der Waals surface area contributed by atoms with Crippen LogP contribution in [0, 0.1) is 6.92 Å². The Kier molecular flexibility index (Phi) is 6.01. The van der Waals surface area contributed by atoms with E-state index in [0.29, 0.717) is 18.0 Å². The molecule has 182 valence electrons. The van der Waals surface area contributed by atoms with E-state index >= 15 is 0 Å². The highest BCUT2D eigenvalue weighted by atomic mass is 35.5. The lowest BCUT2D eigenvalue weighted by atomic mass is 9.89. The van der Waals surface area contributed by atoms with Crippen LogP contribution in [0.3, 0.4) is 0 Å². The van der Waals surface area contributed by atoms with Gasteiger partial charge >= 0.3 is 6.18 Å². The molecule has 34 heavy (non-hydrogen) atoms. The number of nitrogens with one attached hydrogen (secondary N) is 1. The Morgan fingerprint density at radius 1 is 1.21 bits per heavy atom. The Morgan fingerprint density at radius 2 is 1.88 bits per heavy atom. The first-order valence-electron chi connectivity index (χ1n) is 11.0. The van der Waals surface area contributed by atoms with Crippen molar-refractivity contribution in [2.45, 2.75) is 69.9 Å². The number of hydrogen-bond acceptors (Lipinski definition) is 5. The van der Waals surface area contributed by atoms with Gasteiger partial charge in [-0.15, -0.1) is 11.3 Å². The zero-order chi connectivity index (χ0) is 24.3. The van der Waals surface area contributed by atoms with E-state index < -0.39 is 18.2 Å². The number of halogens is 5. The summed E-state index contributed by atoms with van der Waals surface area (Å²) in [7, 11) is 0. The Balaban J connectivity index is 1.34. The largest absolute Gasteiger partial charge is 0.435 e. The molecule has 5 rings (SSSR count). The van der Waals surface area contributed by atoms with Crippen LogP contribution in [0.4, 0.5) is 13.2 Å². The normalized spacial score (nSPS) is 22.6. The number of carbonyl (C=O) groups excluding carboxylic acids is 1. The highest BCUT2D eigenvalue weighted by molar-refractivity contribution is 7.14. The topological polar surface area (TPSA) is 53.9 Å². The van der Waals surface area contributed by atoms with Gasteiger partial charge in [-0.3, -0.25) is 4.79 Å². The van der Waals surface area contributed by atoms with E-state index in [2.05, 4.69) is 10.5 Å². The molecule has 1 fully saturated rings. The van der Waals surface area contributed by atoms with Crippen molar-refractivity contribution in [1.29, 1.82) is 0 Å². The maximum Gasteiger partial charge on any atom is 0.435 e. The molecule has 1 saturated carbocycles. The minimum Gasteiger partial charge on any atom is -0.372 e. The Bertz CT molecular complexity index is 1160. The standard InChI is InChI=1S/C23H22Cl2F3N3O2S/c1-12-17-10-31(11-18(17)34-20(12)21(32)29-16-4-2-3-5-16)19-9-22(33-30-19,23(26,27)28)13-6-14(24)8-15(25)7-13/h6-8,16H,2-5,9-11H2,1H3,(H,29,32).